The number of likely N-dealkylation sites (tertiary alicyclic amines) is 1. The van der Waals surface area contributed by atoms with Crippen LogP contribution in [0.25, 0.3) is 0 Å². The van der Waals surface area contributed by atoms with E-state index in [0.717, 1.165) is 6.42 Å². The lowest BCUT2D eigenvalue weighted by Gasteiger charge is -2.34. The number of nitrogens with one attached hydrogen (secondary N) is 2. The summed E-state index contributed by atoms with van der Waals surface area (Å²) >= 11 is 7.92. The van der Waals surface area contributed by atoms with Crippen LogP contribution >= 0.6 is 23.4 Å². The lowest BCUT2D eigenvalue weighted by atomic mass is 9.70. The summed E-state index contributed by atoms with van der Waals surface area (Å²) < 4.78 is -0.662. The molecule has 5 rings (SSSR count). The molecule has 184 valence electrons. The van der Waals surface area contributed by atoms with Gasteiger partial charge in [-0.3, -0.25) is 14.4 Å². The first kappa shape index (κ1) is 24.2. The Balaban J connectivity index is 1.46. The van der Waals surface area contributed by atoms with Crippen LogP contribution in [-0.2, 0) is 14.4 Å². The van der Waals surface area contributed by atoms with E-state index < -0.39 is 22.6 Å². The molecule has 9 heteroatoms. The quantitative estimate of drug-likeness (QED) is 0.467. The van der Waals surface area contributed by atoms with Gasteiger partial charge < -0.3 is 20.6 Å². The number of para-hydroxylation sites is 2. The van der Waals surface area contributed by atoms with Crippen LogP contribution in [0.15, 0.2) is 54.6 Å². The third-order valence-electron chi connectivity index (χ3n) is 7.33. The standard InChI is InChI=1S/C26H28ClN3O4S/c27-17-10-4-5-11-18(17)29-24(33)22-26-13-12-19(35-26)20(23(32)28-16-8-2-1-3-9-16)21(26)25(34)30(22)14-6-7-15-31/h1-5,8-11,19-22,31H,6-7,12-15H2,(H,28,32)(H,29,33)/t19-,20+,21-,22?,26?/m0/s1. The number of hydrogen-bond donors (Lipinski definition) is 3. The zero-order valence-corrected chi connectivity index (χ0v) is 20.7. The third kappa shape index (κ3) is 4.21. The van der Waals surface area contributed by atoms with Gasteiger partial charge in [-0.1, -0.05) is 41.9 Å². The Morgan fingerprint density at radius 1 is 1.06 bits per heavy atom. The fourth-order valence-corrected chi connectivity index (χ4v) is 8.30. The Morgan fingerprint density at radius 3 is 2.54 bits per heavy atom. The summed E-state index contributed by atoms with van der Waals surface area (Å²) in [6, 6.07) is 15.5. The summed E-state index contributed by atoms with van der Waals surface area (Å²) in [4.78, 5) is 42.6. The summed E-state index contributed by atoms with van der Waals surface area (Å²) in [7, 11) is 0. The minimum atomic E-state index is -0.709. The summed E-state index contributed by atoms with van der Waals surface area (Å²) in [6.07, 6.45) is 2.59. The molecule has 2 aromatic carbocycles. The minimum Gasteiger partial charge on any atom is -0.396 e. The topological polar surface area (TPSA) is 98.7 Å². The van der Waals surface area contributed by atoms with Crippen LogP contribution in [0.4, 0.5) is 11.4 Å². The van der Waals surface area contributed by atoms with Crippen molar-refractivity contribution in [3.8, 4) is 0 Å². The predicted octanol–water partition coefficient (Wildman–Crippen LogP) is 3.78. The highest BCUT2D eigenvalue weighted by molar-refractivity contribution is 8.02. The zero-order chi connectivity index (χ0) is 24.6. The van der Waals surface area contributed by atoms with Gasteiger partial charge in [-0.25, -0.2) is 0 Å². The van der Waals surface area contributed by atoms with Crippen LogP contribution < -0.4 is 10.6 Å². The molecule has 0 saturated carbocycles. The number of aliphatic hydroxyl groups excluding tert-OH is 1. The zero-order valence-electron chi connectivity index (χ0n) is 19.2. The van der Waals surface area contributed by atoms with E-state index in [-0.39, 0.29) is 29.6 Å². The summed E-state index contributed by atoms with van der Waals surface area (Å²) in [5.74, 6) is -1.66. The Morgan fingerprint density at radius 2 is 1.80 bits per heavy atom. The van der Waals surface area contributed by atoms with E-state index in [0.29, 0.717) is 42.2 Å². The van der Waals surface area contributed by atoms with Crippen molar-refractivity contribution >= 4 is 52.5 Å². The van der Waals surface area contributed by atoms with Crippen molar-refractivity contribution in [1.82, 2.24) is 4.90 Å². The molecule has 2 aromatic rings. The Labute approximate surface area is 213 Å². The van der Waals surface area contributed by atoms with Gasteiger partial charge in [0.15, 0.2) is 0 Å². The average molecular weight is 514 g/mol. The fraction of sp³-hybridized carbons (Fsp3) is 0.423. The Bertz CT molecular complexity index is 1130. The van der Waals surface area contributed by atoms with Gasteiger partial charge in [0.1, 0.15) is 6.04 Å². The van der Waals surface area contributed by atoms with Crippen molar-refractivity contribution in [2.75, 3.05) is 23.8 Å². The maximum Gasteiger partial charge on any atom is 0.248 e. The monoisotopic (exact) mass is 513 g/mol. The van der Waals surface area contributed by atoms with Gasteiger partial charge in [0.25, 0.3) is 0 Å². The van der Waals surface area contributed by atoms with Crippen LogP contribution in [0.3, 0.4) is 0 Å². The molecule has 2 unspecified atom stereocenters. The van der Waals surface area contributed by atoms with Crippen molar-refractivity contribution in [1.29, 1.82) is 0 Å². The van der Waals surface area contributed by atoms with E-state index in [2.05, 4.69) is 10.6 Å². The number of amides is 3. The highest BCUT2D eigenvalue weighted by Crippen LogP contribution is 2.66. The van der Waals surface area contributed by atoms with Gasteiger partial charge in [0, 0.05) is 24.1 Å². The molecule has 3 aliphatic heterocycles. The van der Waals surface area contributed by atoms with E-state index in [1.54, 1.807) is 40.9 Å². The average Bonchev–Trinajstić information content (AvgIpc) is 3.49. The lowest BCUT2D eigenvalue weighted by Crippen LogP contribution is -2.51. The van der Waals surface area contributed by atoms with Crippen molar-refractivity contribution < 1.29 is 19.5 Å². The van der Waals surface area contributed by atoms with Crippen LogP contribution in [-0.4, -0.2) is 56.9 Å². The predicted molar refractivity (Wildman–Crippen MR) is 137 cm³/mol. The molecule has 1 spiro atoms. The molecule has 3 N–H and O–H groups in total. The van der Waals surface area contributed by atoms with Crippen molar-refractivity contribution in [2.45, 2.75) is 41.7 Å². The number of halogens is 1. The van der Waals surface area contributed by atoms with Crippen LogP contribution in [0.5, 0.6) is 0 Å². The number of benzene rings is 2. The SMILES string of the molecule is O=C(Nc1ccccc1Cl)C1N(CCCCO)C(=O)[C@@H]2[C@H](C(=O)Nc3ccccc3)[C@@H]3CCC12S3. The van der Waals surface area contributed by atoms with E-state index in [1.165, 1.54) is 0 Å². The normalized spacial score (nSPS) is 28.7. The second-order valence-corrected chi connectivity index (χ2v) is 11.4. The third-order valence-corrected chi connectivity index (χ3v) is 9.61. The van der Waals surface area contributed by atoms with Gasteiger partial charge >= 0.3 is 0 Å². The number of unbranched alkanes of at least 4 members (excludes halogenated alkanes) is 1. The second-order valence-electron chi connectivity index (χ2n) is 9.34. The van der Waals surface area contributed by atoms with Crippen molar-refractivity contribution in [2.24, 2.45) is 11.8 Å². The minimum absolute atomic E-state index is 0.0112. The maximum atomic E-state index is 13.8. The first-order chi connectivity index (χ1) is 17.0. The van der Waals surface area contributed by atoms with Gasteiger partial charge in [-0.2, -0.15) is 0 Å². The van der Waals surface area contributed by atoms with Gasteiger partial charge in [0.2, 0.25) is 17.7 Å². The molecule has 3 aliphatic rings. The van der Waals surface area contributed by atoms with E-state index in [1.807, 2.05) is 30.3 Å². The molecule has 0 aliphatic carbocycles. The van der Waals surface area contributed by atoms with Gasteiger partial charge in [-0.15, -0.1) is 11.8 Å². The van der Waals surface area contributed by atoms with Crippen LogP contribution in [0.1, 0.15) is 25.7 Å². The first-order valence-electron chi connectivity index (χ1n) is 12.0. The highest BCUT2D eigenvalue weighted by atomic mass is 35.5. The number of fused-ring (bicyclic) bond motifs is 1. The number of carbonyl (C=O) groups is 3. The molecule has 3 heterocycles. The number of hydrogen-bond acceptors (Lipinski definition) is 5. The molecular formula is C26H28ClN3O4S. The molecule has 3 fully saturated rings. The van der Waals surface area contributed by atoms with Crippen LogP contribution in [0, 0.1) is 11.8 Å². The molecule has 5 atom stereocenters. The number of carbonyl (C=O) groups excluding carboxylic acids is 3. The molecule has 3 saturated heterocycles. The van der Waals surface area contributed by atoms with Gasteiger partial charge in [-0.05, 0) is 49.9 Å². The first-order valence-corrected chi connectivity index (χ1v) is 13.2. The van der Waals surface area contributed by atoms with Crippen molar-refractivity contribution in [3.05, 3.63) is 59.6 Å². The van der Waals surface area contributed by atoms with Crippen LogP contribution in [0.2, 0.25) is 5.02 Å². The van der Waals surface area contributed by atoms with Crippen molar-refractivity contribution in [3.63, 3.8) is 0 Å². The summed E-state index contributed by atoms with van der Waals surface area (Å²) in [5, 5.41) is 15.6. The highest BCUT2D eigenvalue weighted by Gasteiger charge is 2.73. The largest absolute Gasteiger partial charge is 0.396 e. The Hall–Kier alpha value is -2.55. The fourth-order valence-electron chi connectivity index (χ4n) is 5.90. The molecule has 3 amide bonds. The number of thioether (sulfide) groups is 1. The molecule has 0 radical (unpaired) electrons. The molecule has 2 bridgehead atoms. The van der Waals surface area contributed by atoms with E-state index in [9.17, 15) is 19.5 Å². The smallest absolute Gasteiger partial charge is 0.248 e. The molecule has 0 aromatic heterocycles. The van der Waals surface area contributed by atoms with E-state index in [4.69, 9.17) is 11.6 Å². The molecule has 7 nitrogen and oxygen atoms in total. The summed E-state index contributed by atoms with van der Waals surface area (Å²) in [6.45, 7) is 0.378. The van der Waals surface area contributed by atoms with Gasteiger partial charge in [0.05, 0.1) is 27.3 Å². The number of nitrogens with zero attached hydrogens (tertiary/aromatic N) is 1. The lowest BCUT2D eigenvalue weighted by molar-refractivity contribution is -0.138. The molecule has 35 heavy (non-hydrogen) atoms. The second kappa shape index (κ2) is 9.84. The molecular weight excluding hydrogens is 486 g/mol. The number of anilines is 2. The number of aliphatic hydroxyl groups is 1. The maximum absolute atomic E-state index is 13.8. The summed E-state index contributed by atoms with van der Waals surface area (Å²) in [5.41, 5.74) is 1.19. The van der Waals surface area contributed by atoms with E-state index >= 15 is 0 Å². The Kier molecular flexibility index (Phi) is 6.79. The number of rotatable bonds is 8.